The lowest BCUT2D eigenvalue weighted by Crippen LogP contribution is -2.16. The summed E-state index contributed by atoms with van der Waals surface area (Å²) in [6, 6.07) is 3.01. The molecule has 1 aromatic carbocycles. The standard InChI is InChI=1S/C11H10FNO5S/c12-7-2-1-6(11(17)18)3-8(7)13-9(14)4-19-5-10(15)16/h1-3H,4-5H2,(H,13,14)(H,15,16)(H,17,18). The molecule has 0 spiro atoms. The van der Waals surface area contributed by atoms with Crippen LogP contribution in [-0.4, -0.2) is 39.6 Å². The van der Waals surface area contributed by atoms with E-state index in [0.717, 1.165) is 30.0 Å². The van der Waals surface area contributed by atoms with Gasteiger partial charge >= 0.3 is 11.9 Å². The zero-order valence-corrected chi connectivity index (χ0v) is 10.4. The highest BCUT2D eigenvalue weighted by Gasteiger charge is 2.11. The van der Waals surface area contributed by atoms with E-state index in [1.54, 1.807) is 0 Å². The van der Waals surface area contributed by atoms with Crippen molar-refractivity contribution in [2.75, 3.05) is 16.8 Å². The van der Waals surface area contributed by atoms with E-state index in [1.807, 2.05) is 0 Å². The Labute approximate surface area is 111 Å². The number of thioether (sulfide) groups is 1. The molecule has 0 heterocycles. The van der Waals surface area contributed by atoms with Gasteiger partial charge in [0.15, 0.2) is 0 Å². The number of carbonyl (C=O) groups excluding carboxylic acids is 1. The van der Waals surface area contributed by atoms with Crippen molar-refractivity contribution in [3.63, 3.8) is 0 Å². The fourth-order valence-corrected chi connectivity index (χ4v) is 1.71. The van der Waals surface area contributed by atoms with E-state index in [1.165, 1.54) is 0 Å². The van der Waals surface area contributed by atoms with Gasteiger partial charge in [-0.15, -0.1) is 11.8 Å². The van der Waals surface area contributed by atoms with Crippen molar-refractivity contribution in [1.29, 1.82) is 0 Å². The van der Waals surface area contributed by atoms with E-state index in [-0.39, 0.29) is 22.8 Å². The highest BCUT2D eigenvalue weighted by atomic mass is 32.2. The molecule has 6 nitrogen and oxygen atoms in total. The van der Waals surface area contributed by atoms with Gasteiger partial charge in [0, 0.05) is 0 Å². The number of rotatable bonds is 6. The summed E-state index contributed by atoms with van der Waals surface area (Å²) in [4.78, 5) is 32.3. The van der Waals surface area contributed by atoms with Crippen molar-refractivity contribution in [2.45, 2.75) is 0 Å². The van der Waals surface area contributed by atoms with E-state index in [0.29, 0.717) is 0 Å². The third-order valence-electron chi connectivity index (χ3n) is 1.95. The summed E-state index contributed by atoms with van der Waals surface area (Å²) >= 11 is 0.855. The van der Waals surface area contributed by atoms with Crippen molar-refractivity contribution in [2.24, 2.45) is 0 Å². The monoisotopic (exact) mass is 287 g/mol. The number of hydrogen-bond donors (Lipinski definition) is 3. The number of benzene rings is 1. The van der Waals surface area contributed by atoms with Gasteiger partial charge in [0.2, 0.25) is 5.91 Å². The molecular formula is C11H10FNO5S. The molecule has 0 unspecified atom stereocenters. The molecule has 0 bridgehead atoms. The first-order valence-corrected chi connectivity index (χ1v) is 6.18. The number of amides is 1. The second-order valence-corrected chi connectivity index (χ2v) is 4.42. The molecule has 0 saturated carbocycles. The van der Waals surface area contributed by atoms with E-state index in [9.17, 15) is 18.8 Å². The predicted octanol–water partition coefficient (Wildman–Crippen LogP) is 1.28. The summed E-state index contributed by atoms with van der Waals surface area (Å²) in [5, 5.41) is 19.3. The predicted molar refractivity (Wildman–Crippen MR) is 66.9 cm³/mol. The zero-order chi connectivity index (χ0) is 14.4. The molecule has 0 radical (unpaired) electrons. The minimum atomic E-state index is -1.24. The quantitative estimate of drug-likeness (QED) is 0.728. The number of nitrogens with one attached hydrogen (secondary N) is 1. The van der Waals surface area contributed by atoms with Gasteiger partial charge in [-0.2, -0.15) is 0 Å². The number of anilines is 1. The van der Waals surface area contributed by atoms with Crippen LogP contribution in [0.4, 0.5) is 10.1 Å². The van der Waals surface area contributed by atoms with Gasteiger partial charge in [0.1, 0.15) is 5.82 Å². The Hall–Kier alpha value is -2.09. The Bertz CT molecular complexity index is 520. The maximum absolute atomic E-state index is 13.3. The maximum atomic E-state index is 13.3. The fourth-order valence-electron chi connectivity index (χ4n) is 1.17. The van der Waals surface area contributed by atoms with E-state index >= 15 is 0 Å². The van der Waals surface area contributed by atoms with Crippen LogP contribution in [0.25, 0.3) is 0 Å². The van der Waals surface area contributed by atoms with E-state index in [2.05, 4.69) is 5.32 Å². The average Bonchev–Trinajstić information content (AvgIpc) is 2.31. The van der Waals surface area contributed by atoms with Crippen LogP contribution in [0.15, 0.2) is 18.2 Å². The average molecular weight is 287 g/mol. The summed E-state index contributed by atoms with van der Waals surface area (Å²) in [7, 11) is 0. The summed E-state index contributed by atoms with van der Waals surface area (Å²) in [6.07, 6.45) is 0. The Balaban J connectivity index is 2.65. The van der Waals surface area contributed by atoms with Gasteiger partial charge in [-0.3, -0.25) is 9.59 Å². The summed E-state index contributed by atoms with van der Waals surface area (Å²) in [5.74, 6) is -4.07. The molecule has 0 atom stereocenters. The Morgan fingerprint density at radius 2 is 1.89 bits per heavy atom. The number of carbonyl (C=O) groups is 3. The number of aromatic carboxylic acids is 1. The number of carboxylic acids is 2. The molecule has 0 aromatic heterocycles. The lowest BCUT2D eigenvalue weighted by molar-refractivity contribution is -0.133. The minimum Gasteiger partial charge on any atom is -0.481 e. The fraction of sp³-hybridized carbons (Fsp3) is 0.182. The molecular weight excluding hydrogens is 277 g/mol. The third-order valence-corrected chi connectivity index (χ3v) is 2.86. The zero-order valence-electron chi connectivity index (χ0n) is 9.55. The minimum absolute atomic E-state index is 0.158. The van der Waals surface area contributed by atoms with Crippen molar-refractivity contribution >= 4 is 35.3 Å². The van der Waals surface area contributed by atoms with Crippen LogP contribution in [0, 0.1) is 5.82 Å². The maximum Gasteiger partial charge on any atom is 0.335 e. The molecule has 0 aliphatic heterocycles. The molecule has 102 valence electrons. The number of hydrogen-bond acceptors (Lipinski definition) is 4. The Morgan fingerprint density at radius 3 is 2.47 bits per heavy atom. The van der Waals surface area contributed by atoms with E-state index < -0.39 is 23.7 Å². The van der Waals surface area contributed by atoms with Crippen LogP contribution in [-0.2, 0) is 9.59 Å². The number of aliphatic carboxylic acids is 1. The lowest BCUT2D eigenvalue weighted by atomic mass is 10.2. The second kappa shape index (κ2) is 6.74. The first-order valence-electron chi connectivity index (χ1n) is 5.02. The molecule has 0 fully saturated rings. The van der Waals surface area contributed by atoms with Crippen LogP contribution in [0.2, 0.25) is 0 Å². The van der Waals surface area contributed by atoms with Gasteiger partial charge in [-0.1, -0.05) is 0 Å². The number of halogens is 1. The first kappa shape index (κ1) is 15.0. The van der Waals surface area contributed by atoms with Gasteiger partial charge in [-0.25, -0.2) is 9.18 Å². The molecule has 1 amide bonds. The summed E-state index contributed by atoms with van der Waals surface area (Å²) in [5.41, 5.74) is -0.407. The van der Waals surface area contributed by atoms with Gasteiger partial charge in [-0.05, 0) is 18.2 Å². The van der Waals surface area contributed by atoms with Crippen molar-refractivity contribution in [3.8, 4) is 0 Å². The van der Waals surface area contributed by atoms with Crippen molar-refractivity contribution in [3.05, 3.63) is 29.6 Å². The number of carboxylic acid groups (broad SMARTS) is 2. The van der Waals surface area contributed by atoms with Crippen molar-refractivity contribution < 1.29 is 29.0 Å². The Morgan fingerprint density at radius 1 is 1.21 bits per heavy atom. The molecule has 0 aliphatic carbocycles. The SMILES string of the molecule is O=C(O)CSCC(=O)Nc1cc(C(=O)O)ccc1F. The Kier molecular flexibility index (Phi) is 5.31. The topological polar surface area (TPSA) is 104 Å². The highest BCUT2D eigenvalue weighted by molar-refractivity contribution is 8.00. The second-order valence-electron chi connectivity index (χ2n) is 3.43. The third kappa shape index (κ3) is 4.96. The molecule has 8 heteroatoms. The van der Waals surface area contributed by atoms with Gasteiger partial charge in [0.25, 0.3) is 0 Å². The van der Waals surface area contributed by atoms with Crippen LogP contribution in [0.3, 0.4) is 0 Å². The molecule has 19 heavy (non-hydrogen) atoms. The molecule has 0 aliphatic rings. The highest BCUT2D eigenvalue weighted by Crippen LogP contribution is 2.16. The largest absolute Gasteiger partial charge is 0.481 e. The van der Waals surface area contributed by atoms with Crippen molar-refractivity contribution in [1.82, 2.24) is 0 Å². The molecule has 3 N–H and O–H groups in total. The smallest absolute Gasteiger partial charge is 0.335 e. The first-order chi connectivity index (χ1) is 8.90. The van der Waals surface area contributed by atoms with E-state index in [4.69, 9.17) is 10.2 Å². The van der Waals surface area contributed by atoms with Crippen LogP contribution >= 0.6 is 11.8 Å². The normalized spacial score (nSPS) is 9.95. The van der Waals surface area contributed by atoms with Crippen LogP contribution < -0.4 is 5.32 Å². The summed E-state index contributed by atoms with van der Waals surface area (Å²) in [6.45, 7) is 0. The molecule has 1 aromatic rings. The van der Waals surface area contributed by atoms with Gasteiger partial charge < -0.3 is 15.5 Å². The molecule has 0 saturated heterocycles. The van der Waals surface area contributed by atoms with Crippen LogP contribution in [0.1, 0.15) is 10.4 Å². The van der Waals surface area contributed by atoms with Gasteiger partial charge in [0.05, 0.1) is 22.8 Å². The molecule has 1 rings (SSSR count). The van der Waals surface area contributed by atoms with Crippen LogP contribution in [0.5, 0.6) is 0 Å². The summed E-state index contributed by atoms with van der Waals surface area (Å²) < 4.78 is 13.3. The lowest BCUT2D eigenvalue weighted by Gasteiger charge is -2.06.